The van der Waals surface area contributed by atoms with Gasteiger partial charge in [-0.05, 0) is 43.2 Å². The molecular weight excluding hydrogens is 212 g/mol. The summed E-state index contributed by atoms with van der Waals surface area (Å²) in [5, 5.41) is 3.25. The Morgan fingerprint density at radius 2 is 2.06 bits per heavy atom. The van der Waals surface area contributed by atoms with Gasteiger partial charge >= 0.3 is 0 Å². The number of nitrogens with one attached hydrogen (secondary N) is 1. The van der Waals surface area contributed by atoms with Crippen molar-refractivity contribution in [1.29, 1.82) is 0 Å². The minimum absolute atomic E-state index is 0.669. The lowest BCUT2D eigenvalue weighted by Crippen LogP contribution is -2.06. The maximum absolute atomic E-state index is 5.85. The minimum atomic E-state index is 0.669. The monoisotopic (exact) mass is 228 g/mol. The molecule has 0 aliphatic heterocycles. The van der Waals surface area contributed by atoms with Crippen LogP contribution in [0, 0.1) is 13.8 Å². The van der Waals surface area contributed by atoms with Gasteiger partial charge in [0.15, 0.2) is 0 Å². The largest absolute Gasteiger partial charge is 0.396 e. The molecule has 0 aliphatic carbocycles. The Morgan fingerprint density at radius 3 is 2.82 bits per heavy atom. The van der Waals surface area contributed by atoms with Crippen LogP contribution in [0.4, 0.5) is 11.5 Å². The molecule has 0 aliphatic rings. The quantitative estimate of drug-likeness (QED) is 0.846. The zero-order chi connectivity index (χ0) is 12.3. The highest BCUT2D eigenvalue weighted by Gasteiger charge is 2.02. The number of pyridine rings is 2. The molecule has 2 heterocycles. The predicted molar refractivity (Wildman–Crippen MR) is 69.7 cm³/mol. The van der Waals surface area contributed by atoms with Gasteiger partial charge in [-0.15, -0.1) is 0 Å². The van der Waals surface area contributed by atoms with Crippen LogP contribution in [0.3, 0.4) is 0 Å². The van der Waals surface area contributed by atoms with Gasteiger partial charge in [0.05, 0.1) is 5.69 Å². The number of aryl methyl sites for hydroxylation is 2. The second-order valence-electron chi connectivity index (χ2n) is 4.05. The van der Waals surface area contributed by atoms with Gasteiger partial charge < -0.3 is 11.1 Å². The fraction of sp³-hybridized carbons (Fsp3) is 0.231. The summed E-state index contributed by atoms with van der Waals surface area (Å²) in [6, 6.07) is 5.76. The van der Waals surface area contributed by atoms with Gasteiger partial charge in [0, 0.05) is 24.6 Å². The molecule has 17 heavy (non-hydrogen) atoms. The average molecular weight is 228 g/mol. The van der Waals surface area contributed by atoms with E-state index in [1.807, 2.05) is 38.2 Å². The molecule has 4 nitrogen and oxygen atoms in total. The number of nitrogens with zero attached hydrogens (tertiary/aromatic N) is 2. The van der Waals surface area contributed by atoms with Crippen LogP contribution in [-0.2, 0) is 6.54 Å². The number of hydrogen-bond donors (Lipinski definition) is 2. The first-order valence-electron chi connectivity index (χ1n) is 5.53. The van der Waals surface area contributed by atoms with Crippen molar-refractivity contribution in [1.82, 2.24) is 9.97 Å². The highest BCUT2D eigenvalue weighted by atomic mass is 15.0. The Morgan fingerprint density at radius 1 is 1.24 bits per heavy atom. The summed E-state index contributed by atoms with van der Waals surface area (Å²) in [4.78, 5) is 8.43. The van der Waals surface area contributed by atoms with Crippen molar-refractivity contribution in [2.75, 3.05) is 11.1 Å². The lowest BCUT2D eigenvalue weighted by atomic mass is 10.1. The standard InChI is InChI=1S/C13H16N4/c1-9-7-15-6-5-11(9)8-16-13-12(14)4-3-10(2)17-13/h3-7H,8,14H2,1-2H3,(H,16,17). The van der Waals surface area contributed by atoms with Crippen LogP contribution >= 0.6 is 0 Å². The number of nitrogens with two attached hydrogens (primary N) is 1. The van der Waals surface area contributed by atoms with Gasteiger partial charge in [-0.2, -0.15) is 0 Å². The van der Waals surface area contributed by atoms with E-state index in [1.165, 1.54) is 5.56 Å². The number of anilines is 2. The van der Waals surface area contributed by atoms with E-state index in [0.29, 0.717) is 12.2 Å². The number of nitrogen functional groups attached to an aromatic ring is 1. The second kappa shape index (κ2) is 4.82. The van der Waals surface area contributed by atoms with Crippen LogP contribution < -0.4 is 11.1 Å². The van der Waals surface area contributed by atoms with E-state index in [9.17, 15) is 0 Å². The maximum Gasteiger partial charge on any atom is 0.149 e. The molecule has 4 heteroatoms. The smallest absolute Gasteiger partial charge is 0.149 e. The van der Waals surface area contributed by atoms with Crippen molar-refractivity contribution < 1.29 is 0 Å². The fourth-order valence-corrected chi connectivity index (χ4v) is 1.59. The van der Waals surface area contributed by atoms with Crippen molar-refractivity contribution in [3.8, 4) is 0 Å². The first kappa shape index (κ1) is 11.4. The number of aromatic nitrogens is 2. The molecule has 0 unspecified atom stereocenters. The van der Waals surface area contributed by atoms with Gasteiger partial charge in [0.2, 0.25) is 0 Å². The summed E-state index contributed by atoms with van der Waals surface area (Å²) >= 11 is 0. The third kappa shape index (κ3) is 2.72. The molecule has 2 aromatic heterocycles. The number of rotatable bonds is 3. The summed E-state index contributed by atoms with van der Waals surface area (Å²) in [7, 11) is 0. The van der Waals surface area contributed by atoms with Gasteiger partial charge in [0.25, 0.3) is 0 Å². The Kier molecular flexibility index (Phi) is 3.23. The molecule has 0 bridgehead atoms. The highest BCUT2D eigenvalue weighted by molar-refractivity contribution is 5.61. The van der Waals surface area contributed by atoms with Crippen LogP contribution in [-0.4, -0.2) is 9.97 Å². The maximum atomic E-state index is 5.85. The van der Waals surface area contributed by atoms with Crippen LogP contribution in [0.1, 0.15) is 16.8 Å². The summed E-state index contributed by atoms with van der Waals surface area (Å²) in [5.74, 6) is 0.737. The van der Waals surface area contributed by atoms with Gasteiger partial charge in [-0.25, -0.2) is 4.98 Å². The summed E-state index contributed by atoms with van der Waals surface area (Å²) < 4.78 is 0. The van der Waals surface area contributed by atoms with Gasteiger partial charge in [0.1, 0.15) is 5.82 Å². The first-order valence-corrected chi connectivity index (χ1v) is 5.53. The fourth-order valence-electron chi connectivity index (χ4n) is 1.59. The average Bonchev–Trinajstić information content (AvgIpc) is 2.32. The Bertz CT molecular complexity index is 523. The molecule has 0 spiro atoms. The zero-order valence-corrected chi connectivity index (χ0v) is 10.1. The molecule has 2 aromatic rings. The van der Waals surface area contributed by atoms with E-state index in [-0.39, 0.29) is 0 Å². The van der Waals surface area contributed by atoms with E-state index >= 15 is 0 Å². The Hall–Kier alpha value is -2.10. The lowest BCUT2D eigenvalue weighted by Gasteiger charge is -2.10. The van der Waals surface area contributed by atoms with E-state index in [1.54, 1.807) is 6.20 Å². The molecule has 0 saturated heterocycles. The molecule has 0 fully saturated rings. The Balaban J connectivity index is 2.12. The van der Waals surface area contributed by atoms with E-state index in [0.717, 1.165) is 17.1 Å². The van der Waals surface area contributed by atoms with Crippen LogP contribution in [0.15, 0.2) is 30.6 Å². The van der Waals surface area contributed by atoms with Gasteiger partial charge in [-0.3, -0.25) is 4.98 Å². The second-order valence-corrected chi connectivity index (χ2v) is 4.05. The molecule has 88 valence electrons. The van der Waals surface area contributed by atoms with Gasteiger partial charge in [-0.1, -0.05) is 0 Å². The molecule has 0 radical (unpaired) electrons. The zero-order valence-electron chi connectivity index (χ0n) is 10.1. The normalized spacial score (nSPS) is 10.2. The molecule has 3 N–H and O–H groups in total. The topological polar surface area (TPSA) is 63.8 Å². The predicted octanol–water partition coefficient (Wildman–Crippen LogP) is 2.29. The van der Waals surface area contributed by atoms with Crippen LogP contribution in [0.2, 0.25) is 0 Å². The van der Waals surface area contributed by atoms with Crippen LogP contribution in [0.25, 0.3) is 0 Å². The summed E-state index contributed by atoms with van der Waals surface area (Å²) in [5.41, 5.74) is 9.83. The van der Waals surface area contributed by atoms with Crippen molar-refractivity contribution in [2.24, 2.45) is 0 Å². The SMILES string of the molecule is Cc1ccc(N)c(NCc2ccncc2C)n1. The van der Waals surface area contributed by atoms with Crippen LogP contribution in [0.5, 0.6) is 0 Å². The van der Waals surface area contributed by atoms with Crippen molar-refractivity contribution in [2.45, 2.75) is 20.4 Å². The third-order valence-electron chi connectivity index (χ3n) is 2.65. The minimum Gasteiger partial charge on any atom is -0.396 e. The molecule has 0 atom stereocenters. The van der Waals surface area contributed by atoms with E-state index in [4.69, 9.17) is 5.73 Å². The lowest BCUT2D eigenvalue weighted by molar-refractivity contribution is 1.06. The van der Waals surface area contributed by atoms with Crippen molar-refractivity contribution in [3.05, 3.63) is 47.4 Å². The summed E-state index contributed by atoms with van der Waals surface area (Å²) in [6.45, 7) is 4.69. The number of hydrogen-bond acceptors (Lipinski definition) is 4. The summed E-state index contributed by atoms with van der Waals surface area (Å²) in [6.07, 6.45) is 3.64. The highest BCUT2D eigenvalue weighted by Crippen LogP contribution is 2.17. The third-order valence-corrected chi connectivity index (χ3v) is 2.65. The van der Waals surface area contributed by atoms with E-state index < -0.39 is 0 Å². The Labute approximate surface area is 101 Å². The molecule has 0 amide bonds. The van der Waals surface area contributed by atoms with Crippen molar-refractivity contribution >= 4 is 11.5 Å². The van der Waals surface area contributed by atoms with Crippen molar-refractivity contribution in [3.63, 3.8) is 0 Å². The molecule has 0 saturated carbocycles. The first-order chi connectivity index (χ1) is 8.16. The van der Waals surface area contributed by atoms with E-state index in [2.05, 4.69) is 15.3 Å². The molecular formula is C13H16N4. The molecule has 2 rings (SSSR count). The molecule has 0 aromatic carbocycles.